The first kappa shape index (κ1) is 21.4. The predicted molar refractivity (Wildman–Crippen MR) is 93.9 cm³/mol. The summed E-state index contributed by atoms with van der Waals surface area (Å²) in [6.07, 6.45) is 5.25. The van der Waals surface area contributed by atoms with Crippen molar-refractivity contribution in [1.29, 1.82) is 0 Å². The third-order valence-corrected chi connectivity index (χ3v) is 3.88. The van der Waals surface area contributed by atoms with E-state index in [1.54, 1.807) is 0 Å². The van der Waals surface area contributed by atoms with E-state index >= 15 is 0 Å². The van der Waals surface area contributed by atoms with Gasteiger partial charge in [-0.25, -0.2) is 8.42 Å². The molecule has 6 nitrogen and oxygen atoms in total. The Balaban J connectivity index is 0.000000505. The molecule has 0 saturated heterocycles. The molecule has 0 aliphatic heterocycles. The van der Waals surface area contributed by atoms with Crippen LogP contribution in [0.1, 0.15) is 31.2 Å². The van der Waals surface area contributed by atoms with Gasteiger partial charge in [0.2, 0.25) is 9.05 Å². The first-order valence-corrected chi connectivity index (χ1v) is 12.0. The van der Waals surface area contributed by atoms with Crippen molar-refractivity contribution >= 4 is 29.9 Å². The fraction of sp³-hybridized carbons (Fsp3) is 0.600. The molecule has 0 amide bonds. The van der Waals surface area contributed by atoms with Crippen LogP contribution in [-0.2, 0) is 34.7 Å². The van der Waals surface area contributed by atoms with Crippen LogP contribution in [0.3, 0.4) is 0 Å². The van der Waals surface area contributed by atoms with Crippen molar-refractivity contribution in [3.8, 4) is 0 Å². The van der Waals surface area contributed by atoms with Crippen LogP contribution in [0.15, 0.2) is 30.3 Å². The first-order valence-electron chi connectivity index (χ1n) is 7.46. The Morgan fingerprint density at radius 3 is 1.88 bits per heavy atom. The van der Waals surface area contributed by atoms with E-state index in [0.29, 0.717) is 6.61 Å². The van der Waals surface area contributed by atoms with Gasteiger partial charge in [0.1, 0.15) is 0 Å². The molecule has 24 heavy (non-hydrogen) atoms. The minimum Gasteiger partial charge on any atom is -0.374 e. The molecule has 9 heteroatoms. The summed E-state index contributed by atoms with van der Waals surface area (Å²) < 4.78 is 51.7. The van der Waals surface area contributed by atoms with E-state index in [1.165, 1.54) is 0 Å². The van der Waals surface area contributed by atoms with Gasteiger partial charge in [-0.15, -0.1) is 0 Å². The molecule has 0 aromatic heterocycles. The molecule has 1 saturated carbocycles. The molecule has 1 aromatic carbocycles. The van der Waals surface area contributed by atoms with Crippen LogP contribution in [0, 0.1) is 0 Å². The van der Waals surface area contributed by atoms with Crippen LogP contribution >= 0.6 is 10.7 Å². The average molecular weight is 399 g/mol. The Labute approximate surface area is 148 Å². The van der Waals surface area contributed by atoms with Crippen molar-refractivity contribution in [3.05, 3.63) is 35.9 Å². The Morgan fingerprint density at radius 2 is 1.42 bits per heavy atom. The highest BCUT2D eigenvalue weighted by molar-refractivity contribution is 8.13. The second kappa shape index (κ2) is 9.72. The maximum absolute atomic E-state index is 11.0. The predicted octanol–water partition coefficient (Wildman–Crippen LogP) is 2.68. The fourth-order valence-corrected chi connectivity index (χ4v) is 3.02. The average Bonchev–Trinajstić information content (AvgIpc) is 2.44. The van der Waals surface area contributed by atoms with Crippen molar-refractivity contribution in [1.82, 2.24) is 0 Å². The molecule has 1 fully saturated rings. The van der Waals surface area contributed by atoms with Crippen LogP contribution in [0.25, 0.3) is 0 Å². The number of rotatable bonds is 5. The maximum Gasteiger partial charge on any atom is 0.264 e. The summed E-state index contributed by atoms with van der Waals surface area (Å²) in [5, 5.41) is 0. The minimum atomic E-state index is -3.34. The van der Waals surface area contributed by atoms with Crippen molar-refractivity contribution in [2.45, 2.75) is 44.5 Å². The van der Waals surface area contributed by atoms with Gasteiger partial charge in [0.15, 0.2) is 0 Å². The quantitative estimate of drug-likeness (QED) is 0.559. The summed E-state index contributed by atoms with van der Waals surface area (Å²) >= 11 is 0. The van der Waals surface area contributed by atoms with E-state index in [2.05, 4.69) is 10.7 Å². The highest BCUT2D eigenvalue weighted by Gasteiger charge is 2.24. The highest BCUT2D eigenvalue weighted by Crippen LogP contribution is 2.25. The second-order valence-electron chi connectivity index (χ2n) is 5.68. The summed E-state index contributed by atoms with van der Waals surface area (Å²) in [5.74, 6) is 0. The lowest BCUT2D eigenvalue weighted by Gasteiger charge is -2.27. The smallest absolute Gasteiger partial charge is 0.264 e. The Bertz CT molecular complexity index is 672. The van der Waals surface area contributed by atoms with E-state index in [9.17, 15) is 16.8 Å². The number of halogens is 1. The van der Waals surface area contributed by atoms with Crippen molar-refractivity contribution in [2.24, 2.45) is 0 Å². The van der Waals surface area contributed by atoms with E-state index in [4.69, 9.17) is 8.92 Å². The Kier molecular flexibility index (Phi) is 8.66. The molecule has 0 spiro atoms. The summed E-state index contributed by atoms with van der Waals surface area (Å²) in [6.45, 7) is 0.614. The third kappa shape index (κ3) is 11.8. The highest BCUT2D eigenvalue weighted by atomic mass is 35.7. The SMILES string of the molecule is CS(=O)(=O)Cl.CS(=O)(=O)OC1CCC(OCc2ccccc2)CC1. The number of hydrogen-bond donors (Lipinski definition) is 0. The number of ether oxygens (including phenoxy) is 1. The van der Waals surface area contributed by atoms with Gasteiger partial charge < -0.3 is 4.74 Å². The van der Waals surface area contributed by atoms with Crippen LogP contribution in [-0.4, -0.2) is 41.6 Å². The van der Waals surface area contributed by atoms with E-state index in [1.807, 2.05) is 30.3 Å². The van der Waals surface area contributed by atoms with Crippen molar-refractivity contribution < 1.29 is 25.8 Å². The molecule has 0 heterocycles. The minimum absolute atomic E-state index is 0.174. The number of hydrogen-bond acceptors (Lipinski definition) is 6. The molecule has 0 atom stereocenters. The van der Waals surface area contributed by atoms with E-state index < -0.39 is 19.2 Å². The van der Waals surface area contributed by atoms with Gasteiger partial charge in [-0.05, 0) is 31.2 Å². The van der Waals surface area contributed by atoms with Gasteiger partial charge in [-0.2, -0.15) is 8.42 Å². The molecular weight excluding hydrogens is 376 g/mol. The second-order valence-corrected chi connectivity index (χ2v) is 10.3. The molecular formula is C15H23ClO6S2. The van der Waals surface area contributed by atoms with Gasteiger partial charge in [0.25, 0.3) is 10.1 Å². The molecule has 138 valence electrons. The van der Waals surface area contributed by atoms with Gasteiger partial charge in [0, 0.05) is 10.7 Å². The molecule has 2 rings (SSSR count). The van der Waals surface area contributed by atoms with Gasteiger partial charge in [-0.3, -0.25) is 4.18 Å². The zero-order chi connectivity index (χ0) is 18.2. The Hall–Kier alpha value is -0.670. The Morgan fingerprint density at radius 1 is 0.958 bits per heavy atom. The van der Waals surface area contributed by atoms with Crippen LogP contribution in [0.4, 0.5) is 0 Å². The van der Waals surface area contributed by atoms with Gasteiger partial charge in [-0.1, -0.05) is 30.3 Å². The molecule has 1 aliphatic rings. The third-order valence-electron chi connectivity index (χ3n) is 3.26. The lowest BCUT2D eigenvalue weighted by Crippen LogP contribution is -2.28. The van der Waals surface area contributed by atoms with Crippen molar-refractivity contribution in [2.75, 3.05) is 12.5 Å². The molecule has 1 aliphatic carbocycles. The van der Waals surface area contributed by atoms with Gasteiger partial charge in [0.05, 0.1) is 31.3 Å². The largest absolute Gasteiger partial charge is 0.374 e. The fourth-order valence-electron chi connectivity index (χ4n) is 2.33. The summed E-state index contributed by atoms with van der Waals surface area (Å²) in [5.41, 5.74) is 1.16. The summed E-state index contributed by atoms with van der Waals surface area (Å²) in [4.78, 5) is 0. The molecule has 1 aromatic rings. The molecule has 0 radical (unpaired) electrons. The zero-order valence-corrected chi connectivity index (χ0v) is 16.1. The maximum atomic E-state index is 11.0. The van der Waals surface area contributed by atoms with Crippen LogP contribution < -0.4 is 0 Å². The topological polar surface area (TPSA) is 86.7 Å². The first-order chi connectivity index (χ1) is 11.0. The summed E-state index contributed by atoms with van der Waals surface area (Å²) in [6, 6.07) is 10.1. The lowest BCUT2D eigenvalue weighted by atomic mass is 9.95. The lowest BCUT2D eigenvalue weighted by molar-refractivity contribution is -0.00541. The zero-order valence-electron chi connectivity index (χ0n) is 13.7. The van der Waals surface area contributed by atoms with Crippen molar-refractivity contribution in [3.63, 3.8) is 0 Å². The van der Waals surface area contributed by atoms with Crippen LogP contribution in [0.5, 0.6) is 0 Å². The van der Waals surface area contributed by atoms with Crippen LogP contribution in [0.2, 0.25) is 0 Å². The molecule has 0 N–H and O–H groups in total. The monoisotopic (exact) mass is 398 g/mol. The molecule has 0 bridgehead atoms. The number of benzene rings is 1. The van der Waals surface area contributed by atoms with E-state index in [0.717, 1.165) is 43.8 Å². The standard InChI is InChI=1S/C14H20O4S.CH3ClO2S/c1-19(15,16)18-14-9-7-13(8-10-14)17-11-12-5-3-2-4-6-12;1-5(2,3)4/h2-6,13-14H,7-11H2,1H3;1H3. The van der Waals surface area contributed by atoms with Gasteiger partial charge >= 0.3 is 0 Å². The summed E-state index contributed by atoms with van der Waals surface area (Å²) in [7, 11) is -2.03. The molecule has 0 unspecified atom stereocenters. The normalized spacial score (nSPS) is 21.6. The van der Waals surface area contributed by atoms with E-state index in [-0.39, 0.29) is 12.2 Å².